The van der Waals surface area contributed by atoms with Crippen molar-refractivity contribution in [2.75, 3.05) is 6.54 Å². The summed E-state index contributed by atoms with van der Waals surface area (Å²) in [4.78, 5) is 0. The van der Waals surface area contributed by atoms with Crippen molar-refractivity contribution in [1.82, 2.24) is 0 Å². The van der Waals surface area contributed by atoms with Gasteiger partial charge in [-0.25, -0.2) is 0 Å². The van der Waals surface area contributed by atoms with Gasteiger partial charge in [0.1, 0.15) is 0 Å². The maximum atomic E-state index is 5.67. The molecule has 0 bridgehead atoms. The van der Waals surface area contributed by atoms with Crippen LogP contribution in [-0.4, -0.2) is 18.2 Å². The first-order valence-corrected chi connectivity index (χ1v) is 3.91. The van der Waals surface area contributed by atoms with Crippen LogP contribution in [-0.2, 0) is 4.74 Å². The third kappa shape index (κ3) is 2.27. The number of rotatable bonds is 2. The molecular weight excluding hydrogens is 126 g/mol. The lowest BCUT2D eigenvalue weighted by Crippen LogP contribution is -2.22. The summed E-state index contributed by atoms with van der Waals surface area (Å²) in [6.45, 7) is 7.03. The molecule has 0 heterocycles. The first-order chi connectivity index (χ1) is 4.53. The van der Waals surface area contributed by atoms with Crippen LogP contribution >= 0.6 is 0 Å². The van der Waals surface area contributed by atoms with E-state index in [2.05, 4.69) is 20.8 Å². The second-order valence-corrected chi connectivity index (χ2v) is 4.00. The van der Waals surface area contributed by atoms with E-state index in [0.717, 1.165) is 13.0 Å². The first-order valence-electron chi connectivity index (χ1n) is 3.91. The Labute approximate surface area is 62.7 Å². The van der Waals surface area contributed by atoms with Crippen molar-refractivity contribution in [2.24, 2.45) is 11.7 Å². The van der Waals surface area contributed by atoms with Gasteiger partial charge >= 0.3 is 0 Å². The van der Waals surface area contributed by atoms with Crippen LogP contribution in [0.2, 0.25) is 0 Å². The monoisotopic (exact) mass is 143 g/mol. The molecule has 1 rings (SSSR count). The molecule has 60 valence electrons. The van der Waals surface area contributed by atoms with Crippen LogP contribution in [0, 0.1) is 5.92 Å². The summed E-state index contributed by atoms with van der Waals surface area (Å²) in [7, 11) is 0. The fourth-order valence-electron chi connectivity index (χ4n) is 1.07. The minimum absolute atomic E-state index is 0.00852. The lowest BCUT2D eigenvalue weighted by Gasteiger charge is -2.19. The second kappa shape index (κ2) is 2.51. The largest absolute Gasteiger partial charge is 0.372 e. The van der Waals surface area contributed by atoms with E-state index in [9.17, 15) is 0 Å². The number of hydrogen-bond acceptors (Lipinski definition) is 2. The average molecular weight is 143 g/mol. The fourth-order valence-corrected chi connectivity index (χ4v) is 1.07. The molecule has 2 nitrogen and oxygen atoms in total. The van der Waals surface area contributed by atoms with Crippen molar-refractivity contribution in [3.63, 3.8) is 0 Å². The van der Waals surface area contributed by atoms with Crippen LogP contribution in [0.15, 0.2) is 0 Å². The van der Waals surface area contributed by atoms with Crippen LogP contribution in [0.1, 0.15) is 27.2 Å². The van der Waals surface area contributed by atoms with E-state index in [1.54, 1.807) is 0 Å². The Morgan fingerprint density at radius 3 is 2.40 bits per heavy atom. The van der Waals surface area contributed by atoms with Gasteiger partial charge in [0.25, 0.3) is 0 Å². The zero-order chi connectivity index (χ0) is 7.78. The average Bonchev–Trinajstić information content (AvgIpc) is 2.42. The lowest BCUT2D eigenvalue weighted by atomic mass is 10.2. The highest BCUT2D eigenvalue weighted by atomic mass is 16.5. The van der Waals surface area contributed by atoms with Crippen molar-refractivity contribution < 1.29 is 4.74 Å². The Kier molecular flexibility index (Phi) is 2.02. The molecule has 0 aromatic rings. The van der Waals surface area contributed by atoms with E-state index < -0.39 is 0 Å². The molecule has 0 amide bonds. The number of nitrogens with two attached hydrogens (primary N) is 1. The minimum Gasteiger partial charge on any atom is -0.372 e. The van der Waals surface area contributed by atoms with E-state index in [-0.39, 0.29) is 5.60 Å². The van der Waals surface area contributed by atoms with Gasteiger partial charge in [0, 0.05) is 0 Å². The summed E-state index contributed by atoms with van der Waals surface area (Å²) >= 11 is 0. The van der Waals surface area contributed by atoms with E-state index in [4.69, 9.17) is 10.5 Å². The zero-order valence-electron chi connectivity index (χ0n) is 7.05. The highest BCUT2D eigenvalue weighted by molar-refractivity contribution is 4.89. The topological polar surface area (TPSA) is 35.2 Å². The molecule has 2 unspecified atom stereocenters. The normalized spacial score (nSPS) is 32.4. The number of ether oxygens (including phenoxy) is 1. The van der Waals surface area contributed by atoms with E-state index >= 15 is 0 Å². The fraction of sp³-hybridized carbons (Fsp3) is 1.00. The van der Waals surface area contributed by atoms with Gasteiger partial charge in [-0.2, -0.15) is 0 Å². The third-order valence-electron chi connectivity index (χ3n) is 1.67. The summed E-state index contributed by atoms with van der Waals surface area (Å²) < 4.78 is 5.67. The summed E-state index contributed by atoms with van der Waals surface area (Å²) in [5, 5.41) is 0. The van der Waals surface area contributed by atoms with Crippen molar-refractivity contribution in [3.8, 4) is 0 Å². The summed E-state index contributed by atoms with van der Waals surface area (Å²) in [6, 6.07) is 0. The molecule has 0 aromatic carbocycles. The molecule has 0 aliphatic heterocycles. The second-order valence-electron chi connectivity index (χ2n) is 4.00. The minimum atomic E-state index is 0.00852. The van der Waals surface area contributed by atoms with Crippen LogP contribution in [0.5, 0.6) is 0 Å². The Hall–Kier alpha value is -0.0800. The molecule has 1 saturated carbocycles. The van der Waals surface area contributed by atoms with Gasteiger partial charge in [0.05, 0.1) is 11.7 Å². The van der Waals surface area contributed by atoms with Crippen LogP contribution in [0.4, 0.5) is 0 Å². The van der Waals surface area contributed by atoms with Gasteiger partial charge in [0.15, 0.2) is 0 Å². The molecule has 2 atom stereocenters. The molecule has 1 aliphatic rings. The molecule has 2 heteroatoms. The molecule has 0 saturated heterocycles. The molecule has 1 fully saturated rings. The SMILES string of the molecule is CC(C)(C)OC1CC1CN. The first kappa shape index (κ1) is 8.02. The maximum Gasteiger partial charge on any atom is 0.0627 e. The quantitative estimate of drug-likeness (QED) is 0.629. The van der Waals surface area contributed by atoms with Crippen molar-refractivity contribution in [1.29, 1.82) is 0 Å². The molecule has 0 aromatic heterocycles. The molecule has 2 N–H and O–H groups in total. The van der Waals surface area contributed by atoms with Gasteiger partial charge in [0.2, 0.25) is 0 Å². The summed E-state index contributed by atoms with van der Waals surface area (Å²) in [5.74, 6) is 0.638. The van der Waals surface area contributed by atoms with E-state index in [0.29, 0.717) is 12.0 Å². The molecule has 0 radical (unpaired) electrons. The Morgan fingerprint density at radius 1 is 1.50 bits per heavy atom. The highest BCUT2D eigenvalue weighted by Gasteiger charge is 2.39. The standard InChI is InChI=1S/C8H17NO/c1-8(2,3)10-7-4-6(7)5-9/h6-7H,4-5,9H2,1-3H3. The van der Waals surface area contributed by atoms with E-state index in [1.807, 2.05) is 0 Å². The van der Waals surface area contributed by atoms with Gasteiger partial charge in [-0.05, 0) is 39.7 Å². The van der Waals surface area contributed by atoms with Crippen LogP contribution < -0.4 is 5.73 Å². The van der Waals surface area contributed by atoms with Gasteiger partial charge in [-0.1, -0.05) is 0 Å². The Balaban J connectivity index is 2.18. The molecule has 0 spiro atoms. The summed E-state index contributed by atoms with van der Waals surface area (Å²) in [5.41, 5.74) is 5.47. The smallest absolute Gasteiger partial charge is 0.0627 e. The Bertz CT molecular complexity index is 117. The van der Waals surface area contributed by atoms with Crippen LogP contribution in [0.25, 0.3) is 0 Å². The zero-order valence-corrected chi connectivity index (χ0v) is 7.05. The highest BCUT2D eigenvalue weighted by Crippen LogP contribution is 2.35. The predicted octanol–water partition coefficient (Wildman–Crippen LogP) is 1.15. The number of hydrogen-bond donors (Lipinski definition) is 1. The van der Waals surface area contributed by atoms with E-state index in [1.165, 1.54) is 0 Å². The molecule has 1 aliphatic carbocycles. The van der Waals surface area contributed by atoms with Crippen molar-refractivity contribution >= 4 is 0 Å². The van der Waals surface area contributed by atoms with Gasteiger partial charge in [-0.3, -0.25) is 0 Å². The Morgan fingerprint density at radius 2 is 2.10 bits per heavy atom. The van der Waals surface area contributed by atoms with Gasteiger partial charge < -0.3 is 10.5 Å². The predicted molar refractivity (Wildman–Crippen MR) is 41.8 cm³/mol. The van der Waals surface area contributed by atoms with Crippen molar-refractivity contribution in [2.45, 2.75) is 38.9 Å². The summed E-state index contributed by atoms with van der Waals surface area (Å²) in [6.07, 6.45) is 1.61. The molecule has 10 heavy (non-hydrogen) atoms. The molecular formula is C8H17NO. The van der Waals surface area contributed by atoms with Gasteiger partial charge in [-0.15, -0.1) is 0 Å². The maximum absolute atomic E-state index is 5.67. The lowest BCUT2D eigenvalue weighted by molar-refractivity contribution is -0.0211. The van der Waals surface area contributed by atoms with Crippen molar-refractivity contribution in [3.05, 3.63) is 0 Å². The third-order valence-corrected chi connectivity index (χ3v) is 1.67. The van der Waals surface area contributed by atoms with Crippen LogP contribution in [0.3, 0.4) is 0 Å².